The van der Waals surface area contributed by atoms with Crippen molar-refractivity contribution in [3.8, 4) is 0 Å². The quantitative estimate of drug-likeness (QED) is 0.768. The van der Waals surface area contributed by atoms with Crippen molar-refractivity contribution in [2.45, 2.75) is 32.3 Å². The summed E-state index contributed by atoms with van der Waals surface area (Å²) in [6, 6.07) is 7.09. The molecule has 0 aliphatic carbocycles. The molecule has 6 heteroatoms. The number of rotatable bonds is 6. The van der Waals surface area contributed by atoms with E-state index < -0.39 is 0 Å². The molecule has 5 nitrogen and oxygen atoms in total. The molecule has 0 radical (unpaired) electrons. The fraction of sp³-hybridized carbons (Fsp3) is 0.529. The molecular formula is C17H23BrN2O3. The summed E-state index contributed by atoms with van der Waals surface area (Å²) in [4.78, 5) is 26.1. The third-order valence-electron chi connectivity index (χ3n) is 3.93. The van der Waals surface area contributed by atoms with E-state index in [4.69, 9.17) is 4.74 Å². The molecule has 1 fully saturated rings. The fourth-order valence-corrected chi connectivity index (χ4v) is 2.89. The van der Waals surface area contributed by atoms with E-state index >= 15 is 0 Å². The summed E-state index contributed by atoms with van der Waals surface area (Å²) in [5.74, 6) is -0.427. The molecule has 1 saturated heterocycles. The number of carbonyl (C=O) groups excluding carboxylic acids is 2. The highest BCUT2D eigenvalue weighted by Crippen LogP contribution is 2.13. The predicted octanol–water partition coefficient (Wildman–Crippen LogP) is 2.60. The van der Waals surface area contributed by atoms with Gasteiger partial charge in [-0.1, -0.05) is 22.9 Å². The highest BCUT2D eigenvalue weighted by Gasteiger charge is 2.21. The maximum Gasteiger partial charge on any atom is 0.307 e. The van der Waals surface area contributed by atoms with Crippen LogP contribution in [0, 0.1) is 0 Å². The van der Waals surface area contributed by atoms with Gasteiger partial charge in [-0.25, -0.2) is 0 Å². The third kappa shape index (κ3) is 5.95. The van der Waals surface area contributed by atoms with Gasteiger partial charge in [0, 0.05) is 23.1 Å². The number of carbonyl (C=O) groups is 2. The van der Waals surface area contributed by atoms with Crippen LogP contribution in [0.25, 0.3) is 0 Å². The molecule has 23 heavy (non-hydrogen) atoms. The number of hydrogen-bond donors (Lipinski definition) is 1. The van der Waals surface area contributed by atoms with Crippen LogP contribution >= 0.6 is 15.9 Å². The molecule has 1 aromatic carbocycles. The monoisotopic (exact) mass is 382 g/mol. The largest absolute Gasteiger partial charge is 0.461 e. The first-order valence-corrected chi connectivity index (χ1v) is 8.83. The molecule has 1 aromatic rings. The lowest BCUT2D eigenvalue weighted by Gasteiger charge is -2.31. The number of nitrogens with zero attached hydrogens (tertiary/aromatic N) is 1. The Labute approximate surface area is 145 Å². The lowest BCUT2D eigenvalue weighted by molar-refractivity contribution is -0.151. The number of hydrogen-bond acceptors (Lipinski definition) is 4. The van der Waals surface area contributed by atoms with Crippen molar-refractivity contribution in [3.05, 3.63) is 34.3 Å². The number of esters is 1. The second-order valence-corrected chi connectivity index (χ2v) is 6.58. The minimum absolute atomic E-state index is 0.0154. The SMILES string of the molecule is CCN1CCCC(OC(=O)CCNC(=O)c2ccc(Br)cc2)C1. The molecule has 126 valence electrons. The Balaban J connectivity index is 1.68. The van der Waals surface area contributed by atoms with Crippen LogP contribution in [0.2, 0.25) is 0 Å². The molecule has 1 amide bonds. The summed E-state index contributed by atoms with van der Waals surface area (Å²) in [5.41, 5.74) is 0.576. The second kappa shape index (κ2) is 9.03. The van der Waals surface area contributed by atoms with Gasteiger partial charge in [0.1, 0.15) is 6.10 Å². The summed E-state index contributed by atoms with van der Waals surface area (Å²) in [6.45, 7) is 5.28. The summed E-state index contributed by atoms with van der Waals surface area (Å²) < 4.78 is 6.41. The van der Waals surface area contributed by atoms with Crippen LogP contribution < -0.4 is 5.32 Å². The zero-order chi connectivity index (χ0) is 16.7. The highest BCUT2D eigenvalue weighted by atomic mass is 79.9. The first-order chi connectivity index (χ1) is 11.1. The number of likely N-dealkylation sites (tertiary alicyclic amines) is 1. The predicted molar refractivity (Wildman–Crippen MR) is 92.3 cm³/mol. The average Bonchev–Trinajstić information content (AvgIpc) is 2.55. The minimum Gasteiger partial charge on any atom is -0.461 e. The lowest BCUT2D eigenvalue weighted by atomic mass is 10.1. The maximum atomic E-state index is 11.9. The van der Waals surface area contributed by atoms with Crippen molar-refractivity contribution in [1.29, 1.82) is 0 Å². The van der Waals surface area contributed by atoms with E-state index in [-0.39, 0.29) is 30.9 Å². The van der Waals surface area contributed by atoms with Crippen molar-refractivity contribution in [2.75, 3.05) is 26.2 Å². The van der Waals surface area contributed by atoms with Gasteiger partial charge in [0.25, 0.3) is 5.91 Å². The van der Waals surface area contributed by atoms with Gasteiger partial charge in [-0.05, 0) is 50.2 Å². The van der Waals surface area contributed by atoms with Gasteiger partial charge in [-0.15, -0.1) is 0 Å². The Bertz CT molecular complexity index is 533. The Kier molecular flexibility index (Phi) is 7.05. The summed E-state index contributed by atoms with van der Waals surface area (Å²) in [6.07, 6.45) is 2.17. The molecule has 0 spiro atoms. The zero-order valence-corrected chi connectivity index (χ0v) is 15.0. The van der Waals surface area contributed by atoms with Crippen LogP contribution in [-0.2, 0) is 9.53 Å². The highest BCUT2D eigenvalue weighted by molar-refractivity contribution is 9.10. The average molecular weight is 383 g/mol. The smallest absolute Gasteiger partial charge is 0.307 e. The summed E-state index contributed by atoms with van der Waals surface area (Å²) >= 11 is 3.33. The zero-order valence-electron chi connectivity index (χ0n) is 13.4. The van der Waals surface area contributed by atoms with Crippen molar-refractivity contribution >= 4 is 27.8 Å². The number of halogens is 1. The molecule has 0 bridgehead atoms. The molecule has 1 aliphatic rings. The van der Waals surface area contributed by atoms with E-state index in [1.807, 2.05) is 12.1 Å². The van der Waals surface area contributed by atoms with Gasteiger partial charge in [-0.2, -0.15) is 0 Å². The van der Waals surface area contributed by atoms with Crippen LogP contribution in [0.4, 0.5) is 0 Å². The van der Waals surface area contributed by atoms with Crippen LogP contribution in [0.1, 0.15) is 36.5 Å². The van der Waals surface area contributed by atoms with E-state index in [2.05, 4.69) is 33.1 Å². The molecule has 1 unspecified atom stereocenters. The number of benzene rings is 1. The van der Waals surface area contributed by atoms with Crippen LogP contribution in [0.15, 0.2) is 28.7 Å². The number of likely N-dealkylation sites (N-methyl/N-ethyl adjacent to an activating group) is 1. The number of ether oxygens (including phenoxy) is 1. The van der Waals surface area contributed by atoms with Crippen LogP contribution in [0.3, 0.4) is 0 Å². The molecule has 2 rings (SSSR count). The minimum atomic E-state index is -0.246. The molecular weight excluding hydrogens is 360 g/mol. The van der Waals surface area contributed by atoms with Gasteiger partial charge in [0.05, 0.1) is 6.42 Å². The number of piperidine rings is 1. The van der Waals surface area contributed by atoms with E-state index in [9.17, 15) is 9.59 Å². The van der Waals surface area contributed by atoms with E-state index in [1.54, 1.807) is 12.1 Å². The molecule has 1 aliphatic heterocycles. The molecule has 1 atom stereocenters. The van der Waals surface area contributed by atoms with Gasteiger partial charge in [0.2, 0.25) is 0 Å². The second-order valence-electron chi connectivity index (χ2n) is 5.66. The Morgan fingerprint density at radius 2 is 2.09 bits per heavy atom. The first kappa shape index (κ1) is 17.9. The lowest BCUT2D eigenvalue weighted by Crippen LogP contribution is -2.40. The molecule has 0 saturated carbocycles. The Morgan fingerprint density at radius 1 is 1.35 bits per heavy atom. The molecule has 0 aromatic heterocycles. The number of nitrogens with one attached hydrogen (secondary N) is 1. The van der Waals surface area contributed by atoms with Crippen molar-refractivity contribution in [1.82, 2.24) is 10.2 Å². The fourth-order valence-electron chi connectivity index (χ4n) is 2.62. The first-order valence-electron chi connectivity index (χ1n) is 8.04. The van der Waals surface area contributed by atoms with Gasteiger partial charge in [0.15, 0.2) is 0 Å². The van der Waals surface area contributed by atoms with E-state index in [1.165, 1.54) is 0 Å². The summed E-state index contributed by atoms with van der Waals surface area (Å²) in [5, 5.41) is 2.74. The summed E-state index contributed by atoms with van der Waals surface area (Å²) in [7, 11) is 0. The standard InChI is InChI=1S/C17H23BrN2O3/c1-2-20-11-3-4-15(12-20)23-16(21)9-10-19-17(22)13-5-7-14(18)8-6-13/h5-8,15H,2-4,9-12H2,1H3,(H,19,22). The van der Waals surface area contributed by atoms with Crippen LogP contribution in [-0.4, -0.2) is 49.1 Å². The Hall–Kier alpha value is -1.40. The van der Waals surface area contributed by atoms with Gasteiger partial charge >= 0.3 is 5.97 Å². The number of amides is 1. The van der Waals surface area contributed by atoms with E-state index in [0.29, 0.717) is 5.56 Å². The normalized spacial score (nSPS) is 18.4. The molecule has 1 heterocycles. The van der Waals surface area contributed by atoms with Gasteiger partial charge < -0.3 is 10.1 Å². The third-order valence-corrected chi connectivity index (χ3v) is 4.46. The Morgan fingerprint density at radius 3 is 2.78 bits per heavy atom. The van der Waals surface area contributed by atoms with Crippen LogP contribution in [0.5, 0.6) is 0 Å². The maximum absolute atomic E-state index is 11.9. The van der Waals surface area contributed by atoms with E-state index in [0.717, 1.165) is 36.9 Å². The van der Waals surface area contributed by atoms with Crippen molar-refractivity contribution in [2.24, 2.45) is 0 Å². The van der Waals surface area contributed by atoms with Crippen molar-refractivity contribution in [3.63, 3.8) is 0 Å². The molecule has 1 N–H and O–H groups in total. The topological polar surface area (TPSA) is 58.6 Å². The van der Waals surface area contributed by atoms with Gasteiger partial charge in [-0.3, -0.25) is 14.5 Å². The van der Waals surface area contributed by atoms with Crippen molar-refractivity contribution < 1.29 is 14.3 Å².